The van der Waals surface area contributed by atoms with Gasteiger partial charge in [0.05, 0.1) is 5.92 Å². The number of carboxylic acid groups (broad SMARTS) is 1. The first-order valence-corrected chi connectivity index (χ1v) is 10.7. The molecule has 1 N–H and O–H groups in total. The Balaban J connectivity index is 1.63. The zero-order valence-corrected chi connectivity index (χ0v) is 16.6. The van der Waals surface area contributed by atoms with E-state index in [0.717, 1.165) is 30.1 Å². The van der Waals surface area contributed by atoms with Crippen molar-refractivity contribution in [3.63, 3.8) is 0 Å². The predicted molar refractivity (Wildman–Crippen MR) is 101 cm³/mol. The number of hydrogen-bond acceptors (Lipinski definition) is 1. The summed E-state index contributed by atoms with van der Waals surface area (Å²) in [6.07, 6.45) is 12.9. The van der Waals surface area contributed by atoms with Crippen LogP contribution < -0.4 is 0 Å². The third-order valence-corrected chi connectivity index (χ3v) is 9.42. The van der Waals surface area contributed by atoms with Gasteiger partial charge < -0.3 is 5.11 Å². The smallest absolute Gasteiger partial charge is 0.306 e. The molecule has 3 fully saturated rings. The molecule has 0 aromatic heterocycles. The maximum Gasteiger partial charge on any atom is 0.306 e. The van der Waals surface area contributed by atoms with E-state index in [0.29, 0.717) is 11.3 Å². The molecule has 8 atom stereocenters. The van der Waals surface area contributed by atoms with Gasteiger partial charge in [-0.05, 0) is 91.8 Å². The van der Waals surface area contributed by atoms with E-state index in [4.69, 9.17) is 0 Å². The van der Waals surface area contributed by atoms with Gasteiger partial charge >= 0.3 is 5.97 Å². The lowest BCUT2D eigenvalue weighted by Gasteiger charge is -2.58. The van der Waals surface area contributed by atoms with Crippen molar-refractivity contribution in [1.82, 2.24) is 0 Å². The Kier molecular flexibility index (Phi) is 4.13. The molecule has 0 heterocycles. The normalized spacial score (nSPS) is 50.2. The summed E-state index contributed by atoms with van der Waals surface area (Å²) in [5.74, 6) is 2.84. The van der Waals surface area contributed by atoms with Crippen LogP contribution in [0.4, 0.5) is 0 Å². The molecular weight excluding hydrogens is 308 g/mol. The van der Waals surface area contributed by atoms with Crippen LogP contribution in [0.5, 0.6) is 0 Å². The van der Waals surface area contributed by atoms with E-state index in [-0.39, 0.29) is 11.3 Å². The summed E-state index contributed by atoms with van der Waals surface area (Å²) < 4.78 is 0. The van der Waals surface area contributed by atoms with E-state index < -0.39 is 5.97 Å². The molecule has 3 unspecified atom stereocenters. The third kappa shape index (κ3) is 2.46. The Morgan fingerprint density at radius 3 is 2.64 bits per heavy atom. The van der Waals surface area contributed by atoms with Crippen LogP contribution in [0.25, 0.3) is 0 Å². The van der Waals surface area contributed by atoms with Crippen molar-refractivity contribution in [2.24, 2.45) is 46.3 Å². The maximum absolute atomic E-state index is 11.6. The fraction of sp³-hybridized carbons (Fsp3) is 0.870. The molecule has 4 aliphatic carbocycles. The summed E-state index contributed by atoms with van der Waals surface area (Å²) in [6, 6.07) is 0. The summed E-state index contributed by atoms with van der Waals surface area (Å²) in [7, 11) is 0. The number of carboxylic acids is 1. The van der Waals surface area contributed by atoms with Gasteiger partial charge in [0.15, 0.2) is 0 Å². The fourth-order valence-corrected chi connectivity index (χ4v) is 7.88. The Morgan fingerprint density at radius 2 is 1.92 bits per heavy atom. The first-order valence-electron chi connectivity index (χ1n) is 10.7. The quantitative estimate of drug-likeness (QED) is 0.631. The van der Waals surface area contributed by atoms with Crippen LogP contribution in [-0.2, 0) is 4.79 Å². The number of fused-ring (bicyclic) bond motifs is 5. The summed E-state index contributed by atoms with van der Waals surface area (Å²) >= 11 is 0. The lowest BCUT2D eigenvalue weighted by atomic mass is 9.46. The highest BCUT2D eigenvalue weighted by Crippen LogP contribution is 2.67. The van der Waals surface area contributed by atoms with Crippen molar-refractivity contribution in [1.29, 1.82) is 0 Å². The molecule has 0 radical (unpaired) electrons. The highest BCUT2D eigenvalue weighted by Gasteiger charge is 2.59. The number of allylic oxidation sites excluding steroid dienone is 2. The van der Waals surface area contributed by atoms with Crippen LogP contribution in [-0.4, -0.2) is 11.1 Å². The average molecular weight is 345 g/mol. The summed E-state index contributed by atoms with van der Waals surface area (Å²) in [5, 5.41) is 9.59. The highest BCUT2D eigenvalue weighted by molar-refractivity contribution is 5.70. The largest absolute Gasteiger partial charge is 0.481 e. The van der Waals surface area contributed by atoms with E-state index >= 15 is 0 Å². The number of rotatable bonds is 2. The molecule has 2 nitrogen and oxygen atoms in total. The molecular formula is C23H36O2. The van der Waals surface area contributed by atoms with Crippen LogP contribution in [0.15, 0.2) is 11.6 Å². The SMILES string of the molecule is C[C@H]1CC[C@@]2(C)C(=CCC3C2CC[C@@]2(C)C3CC[C@@H]2[C@H](C)C(=O)O)C1. The molecule has 0 aromatic carbocycles. The first kappa shape index (κ1) is 17.6. The van der Waals surface area contributed by atoms with Crippen molar-refractivity contribution >= 4 is 5.97 Å². The minimum atomic E-state index is -0.590. The van der Waals surface area contributed by atoms with Gasteiger partial charge in [0, 0.05) is 0 Å². The van der Waals surface area contributed by atoms with E-state index in [9.17, 15) is 9.90 Å². The van der Waals surface area contributed by atoms with Crippen molar-refractivity contribution in [3.8, 4) is 0 Å². The number of carbonyl (C=O) groups is 1. The van der Waals surface area contributed by atoms with Crippen molar-refractivity contribution in [2.45, 2.75) is 79.1 Å². The standard InChI is InChI=1S/C23H36O2/c1-14-9-11-22(3)16(13-14)5-6-17-19-8-7-18(15(2)21(24)25)23(19,4)12-10-20(17)22/h5,14-15,17-20H,6-13H2,1-4H3,(H,24,25)/t14-,15-,17?,18+,19?,20?,22-,23+/m0/s1. The number of hydrogen-bond donors (Lipinski definition) is 1. The lowest BCUT2D eigenvalue weighted by Crippen LogP contribution is -2.50. The van der Waals surface area contributed by atoms with E-state index in [1.165, 1.54) is 44.9 Å². The van der Waals surface area contributed by atoms with Gasteiger partial charge in [-0.1, -0.05) is 39.3 Å². The van der Waals surface area contributed by atoms with Crippen LogP contribution >= 0.6 is 0 Å². The predicted octanol–water partition coefficient (Wildman–Crippen LogP) is 5.92. The average Bonchev–Trinajstić information content (AvgIpc) is 2.92. The fourth-order valence-electron chi connectivity index (χ4n) is 7.88. The molecule has 0 saturated heterocycles. The lowest BCUT2D eigenvalue weighted by molar-refractivity contribution is -0.146. The van der Waals surface area contributed by atoms with Gasteiger partial charge in [0.2, 0.25) is 0 Å². The molecule has 0 spiro atoms. The summed E-state index contributed by atoms with van der Waals surface area (Å²) in [6.45, 7) is 9.38. The Labute approximate surface area is 153 Å². The summed E-state index contributed by atoms with van der Waals surface area (Å²) in [5.41, 5.74) is 2.46. The van der Waals surface area contributed by atoms with E-state index in [1.54, 1.807) is 5.57 Å². The first-order chi connectivity index (χ1) is 11.8. The van der Waals surface area contributed by atoms with Crippen molar-refractivity contribution in [3.05, 3.63) is 11.6 Å². The van der Waals surface area contributed by atoms with Gasteiger partial charge in [-0.2, -0.15) is 0 Å². The monoisotopic (exact) mass is 344 g/mol. The van der Waals surface area contributed by atoms with Gasteiger partial charge in [-0.15, -0.1) is 0 Å². The van der Waals surface area contributed by atoms with Gasteiger partial charge in [-0.25, -0.2) is 0 Å². The molecule has 0 aromatic rings. The van der Waals surface area contributed by atoms with Crippen LogP contribution in [0.3, 0.4) is 0 Å². The van der Waals surface area contributed by atoms with Crippen molar-refractivity contribution in [2.75, 3.05) is 0 Å². The van der Waals surface area contributed by atoms with Gasteiger partial charge in [-0.3, -0.25) is 4.79 Å². The second-order valence-corrected chi connectivity index (χ2v) is 10.5. The van der Waals surface area contributed by atoms with E-state index in [1.807, 2.05) is 6.92 Å². The highest BCUT2D eigenvalue weighted by atomic mass is 16.4. The second kappa shape index (κ2) is 5.86. The van der Waals surface area contributed by atoms with Crippen LogP contribution in [0.1, 0.15) is 79.1 Å². The molecule has 140 valence electrons. The Morgan fingerprint density at radius 1 is 1.16 bits per heavy atom. The second-order valence-electron chi connectivity index (χ2n) is 10.5. The minimum absolute atomic E-state index is 0.188. The Hall–Kier alpha value is -0.790. The topological polar surface area (TPSA) is 37.3 Å². The molecule has 0 bridgehead atoms. The van der Waals surface area contributed by atoms with Crippen LogP contribution in [0, 0.1) is 46.3 Å². The molecule has 4 aliphatic rings. The molecule has 3 saturated carbocycles. The van der Waals surface area contributed by atoms with Gasteiger partial charge in [0.1, 0.15) is 0 Å². The summed E-state index contributed by atoms with van der Waals surface area (Å²) in [4.78, 5) is 11.6. The molecule has 0 aliphatic heterocycles. The van der Waals surface area contributed by atoms with Crippen molar-refractivity contribution < 1.29 is 9.90 Å². The maximum atomic E-state index is 11.6. The van der Waals surface area contributed by atoms with Crippen LogP contribution in [0.2, 0.25) is 0 Å². The molecule has 2 heteroatoms. The molecule has 25 heavy (non-hydrogen) atoms. The number of aliphatic carboxylic acids is 1. The minimum Gasteiger partial charge on any atom is -0.481 e. The third-order valence-electron chi connectivity index (χ3n) is 9.42. The Bertz CT molecular complexity index is 593. The molecule has 4 rings (SSSR count). The zero-order chi connectivity index (χ0) is 18.0. The molecule has 0 amide bonds. The van der Waals surface area contributed by atoms with Gasteiger partial charge in [0.25, 0.3) is 0 Å². The van der Waals surface area contributed by atoms with E-state index in [2.05, 4.69) is 26.8 Å². The zero-order valence-electron chi connectivity index (χ0n) is 16.6.